The molecule has 0 spiro atoms. The van der Waals surface area contributed by atoms with Gasteiger partial charge in [-0.2, -0.15) is 0 Å². The predicted molar refractivity (Wildman–Crippen MR) is 70.5 cm³/mol. The molecule has 1 aromatic heterocycles. The number of hydrogen-bond acceptors (Lipinski definition) is 3. The molecule has 1 aromatic rings. The Bertz CT molecular complexity index is 365. The van der Waals surface area contributed by atoms with Crippen molar-refractivity contribution in [3.8, 4) is 0 Å². The Balaban J connectivity index is 1.86. The molecule has 2 fully saturated rings. The van der Waals surface area contributed by atoms with Crippen LogP contribution in [0.15, 0.2) is 18.3 Å². The minimum atomic E-state index is 0.758. The second-order valence-electron chi connectivity index (χ2n) is 5.13. The van der Waals surface area contributed by atoms with Gasteiger partial charge in [-0.05, 0) is 30.4 Å². The van der Waals surface area contributed by atoms with Gasteiger partial charge in [0.2, 0.25) is 0 Å². The molecule has 3 heteroatoms. The van der Waals surface area contributed by atoms with Gasteiger partial charge in [0.1, 0.15) is 5.82 Å². The Morgan fingerprint density at radius 1 is 1.18 bits per heavy atom. The highest BCUT2D eigenvalue weighted by Crippen LogP contribution is 2.37. The topological polar surface area (TPSA) is 28.2 Å². The van der Waals surface area contributed by atoms with E-state index in [1.165, 1.54) is 37.1 Å². The normalized spacial score (nSPS) is 22.0. The molecule has 92 valence electrons. The van der Waals surface area contributed by atoms with Crippen molar-refractivity contribution in [1.29, 1.82) is 0 Å². The fraction of sp³-hybridized carbons (Fsp3) is 0.643. The SMILES string of the molecule is c1cnc(N2CCNCC2)c(C2CCCC2)c1. The van der Waals surface area contributed by atoms with Gasteiger partial charge in [-0.15, -0.1) is 0 Å². The molecule has 1 N–H and O–H groups in total. The van der Waals surface area contributed by atoms with Crippen LogP contribution in [0, 0.1) is 0 Å². The molecule has 0 amide bonds. The van der Waals surface area contributed by atoms with Gasteiger partial charge in [-0.3, -0.25) is 0 Å². The maximum absolute atomic E-state index is 4.65. The van der Waals surface area contributed by atoms with Gasteiger partial charge >= 0.3 is 0 Å². The molecule has 3 rings (SSSR count). The van der Waals surface area contributed by atoms with Crippen LogP contribution in [-0.2, 0) is 0 Å². The second kappa shape index (κ2) is 5.05. The Morgan fingerprint density at radius 2 is 1.94 bits per heavy atom. The number of anilines is 1. The molecule has 17 heavy (non-hydrogen) atoms. The maximum Gasteiger partial charge on any atom is 0.132 e. The van der Waals surface area contributed by atoms with E-state index in [1.54, 1.807) is 0 Å². The maximum atomic E-state index is 4.65. The summed E-state index contributed by atoms with van der Waals surface area (Å²) in [5, 5.41) is 3.40. The van der Waals surface area contributed by atoms with Gasteiger partial charge in [0.15, 0.2) is 0 Å². The Hall–Kier alpha value is -1.09. The van der Waals surface area contributed by atoms with E-state index in [2.05, 4.69) is 27.3 Å². The number of piperazine rings is 1. The molecule has 0 radical (unpaired) electrons. The first-order valence-electron chi connectivity index (χ1n) is 6.86. The lowest BCUT2D eigenvalue weighted by atomic mass is 9.98. The van der Waals surface area contributed by atoms with Gasteiger partial charge < -0.3 is 10.2 Å². The van der Waals surface area contributed by atoms with E-state index in [0.717, 1.165) is 32.1 Å². The third kappa shape index (κ3) is 2.29. The lowest BCUT2D eigenvalue weighted by Crippen LogP contribution is -2.44. The summed E-state index contributed by atoms with van der Waals surface area (Å²) < 4.78 is 0. The van der Waals surface area contributed by atoms with E-state index >= 15 is 0 Å². The number of rotatable bonds is 2. The summed E-state index contributed by atoms with van der Waals surface area (Å²) >= 11 is 0. The fourth-order valence-corrected chi connectivity index (χ4v) is 3.11. The molecular formula is C14H21N3. The smallest absolute Gasteiger partial charge is 0.132 e. The molecule has 0 unspecified atom stereocenters. The molecule has 1 saturated heterocycles. The van der Waals surface area contributed by atoms with Crippen LogP contribution in [0.2, 0.25) is 0 Å². The Kier molecular flexibility index (Phi) is 3.27. The van der Waals surface area contributed by atoms with Crippen LogP contribution in [0.25, 0.3) is 0 Å². The molecule has 2 aliphatic rings. The minimum Gasteiger partial charge on any atom is -0.354 e. The molecule has 2 heterocycles. The molecule has 1 saturated carbocycles. The summed E-state index contributed by atoms with van der Waals surface area (Å²) in [6, 6.07) is 4.39. The van der Waals surface area contributed by atoms with Gasteiger partial charge in [0.25, 0.3) is 0 Å². The number of aromatic nitrogens is 1. The number of hydrogen-bond donors (Lipinski definition) is 1. The molecule has 0 aromatic carbocycles. The monoisotopic (exact) mass is 231 g/mol. The summed E-state index contributed by atoms with van der Waals surface area (Å²) in [6.45, 7) is 4.36. The predicted octanol–water partition coefficient (Wildman–Crippen LogP) is 2.15. The van der Waals surface area contributed by atoms with Crippen molar-refractivity contribution in [2.75, 3.05) is 31.1 Å². The highest BCUT2D eigenvalue weighted by atomic mass is 15.2. The summed E-state index contributed by atoms with van der Waals surface area (Å²) in [5.74, 6) is 2.01. The zero-order chi connectivity index (χ0) is 11.5. The van der Waals surface area contributed by atoms with Crippen LogP contribution in [0.3, 0.4) is 0 Å². The summed E-state index contributed by atoms with van der Waals surface area (Å²) in [6.07, 6.45) is 7.42. The summed E-state index contributed by atoms with van der Waals surface area (Å²) in [4.78, 5) is 7.09. The van der Waals surface area contributed by atoms with Crippen LogP contribution >= 0.6 is 0 Å². The van der Waals surface area contributed by atoms with E-state index < -0.39 is 0 Å². The highest BCUT2D eigenvalue weighted by molar-refractivity contribution is 5.49. The fourth-order valence-electron chi connectivity index (χ4n) is 3.11. The Labute approximate surface area is 103 Å². The van der Waals surface area contributed by atoms with Crippen molar-refractivity contribution in [3.63, 3.8) is 0 Å². The molecule has 3 nitrogen and oxygen atoms in total. The Morgan fingerprint density at radius 3 is 2.71 bits per heavy atom. The van der Waals surface area contributed by atoms with E-state index in [-0.39, 0.29) is 0 Å². The lowest BCUT2D eigenvalue weighted by molar-refractivity contribution is 0.579. The first-order chi connectivity index (χ1) is 8.45. The zero-order valence-corrected chi connectivity index (χ0v) is 10.4. The van der Waals surface area contributed by atoms with Crippen molar-refractivity contribution in [3.05, 3.63) is 23.9 Å². The van der Waals surface area contributed by atoms with Gasteiger partial charge in [0, 0.05) is 32.4 Å². The first-order valence-corrected chi connectivity index (χ1v) is 6.86. The molecular weight excluding hydrogens is 210 g/mol. The summed E-state index contributed by atoms with van der Waals surface area (Å²) in [7, 11) is 0. The standard InChI is InChI=1S/C14H21N3/c1-2-5-12(4-1)13-6-3-7-16-14(13)17-10-8-15-9-11-17/h3,6-7,12,15H,1-2,4-5,8-11H2. The zero-order valence-electron chi connectivity index (χ0n) is 10.4. The van der Waals surface area contributed by atoms with Crippen molar-refractivity contribution in [2.24, 2.45) is 0 Å². The van der Waals surface area contributed by atoms with Crippen LogP contribution in [0.4, 0.5) is 5.82 Å². The van der Waals surface area contributed by atoms with E-state index in [1.807, 2.05) is 6.20 Å². The number of pyridine rings is 1. The number of nitrogens with one attached hydrogen (secondary N) is 1. The molecule has 0 bridgehead atoms. The lowest BCUT2D eigenvalue weighted by Gasteiger charge is -2.31. The van der Waals surface area contributed by atoms with E-state index in [0.29, 0.717) is 0 Å². The van der Waals surface area contributed by atoms with Crippen LogP contribution in [-0.4, -0.2) is 31.2 Å². The largest absolute Gasteiger partial charge is 0.354 e. The quantitative estimate of drug-likeness (QED) is 0.845. The molecule has 1 aliphatic heterocycles. The van der Waals surface area contributed by atoms with Crippen molar-refractivity contribution < 1.29 is 0 Å². The van der Waals surface area contributed by atoms with Gasteiger partial charge in [0.05, 0.1) is 0 Å². The second-order valence-corrected chi connectivity index (χ2v) is 5.13. The molecule has 1 aliphatic carbocycles. The average Bonchev–Trinajstić information content (AvgIpc) is 2.94. The van der Waals surface area contributed by atoms with Gasteiger partial charge in [-0.1, -0.05) is 18.9 Å². The van der Waals surface area contributed by atoms with Crippen molar-refractivity contribution in [1.82, 2.24) is 10.3 Å². The minimum absolute atomic E-state index is 0.758. The van der Waals surface area contributed by atoms with Crippen LogP contribution in [0.1, 0.15) is 37.2 Å². The van der Waals surface area contributed by atoms with Crippen molar-refractivity contribution in [2.45, 2.75) is 31.6 Å². The number of nitrogens with zero attached hydrogens (tertiary/aromatic N) is 2. The van der Waals surface area contributed by atoms with Gasteiger partial charge in [-0.25, -0.2) is 4.98 Å². The van der Waals surface area contributed by atoms with Crippen molar-refractivity contribution >= 4 is 5.82 Å². The third-order valence-electron chi connectivity index (χ3n) is 4.03. The first kappa shape index (κ1) is 11.0. The highest BCUT2D eigenvalue weighted by Gasteiger charge is 2.23. The average molecular weight is 231 g/mol. The van der Waals surface area contributed by atoms with E-state index in [9.17, 15) is 0 Å². The molecule has 0 atom stereocenters. The van der Waals surface area contributed by atoms with Crippen LogP contribution in [0.5, 0.6) is 0 Å². The summed E-state index contributed by atoms with van der Waals surface area (Å²) in [5.41, 5.74) is 1.49. The van der Waals surface area contributed by atoms with Crippen LogP contribution < -0.4 is 10.2 Å². The third-order valence-corrected chi connectivity index (χ3v) is 4.03. The van der Waals surface area contributed by atoms with E-state index in [4.69, 9.17) is 0 Å².